The van der Waals surface area contributed by atoms with E-state index < -0.39 is 0 Å². The van der Waals surface area contributed by atoms with Crippen LogP contribution in [0.15, 0.2) is 0 Å². The smallest absolute Gasteiger partial charge is 0.225 e. The van der Waals surface area contributed by atoms with Gasteiger partial charge >= 0.3 is 0 Å². The van der Waals surface area contributed by atoms with Crippen molar-refractivity contribution in [2.75, 3.05) is 6.54 Å². The maximum atomic E-state index is 11.6. The van der Waals surface area contributed by atoms with Crippen LogP contribution in [0, 0.1) is 5.41 Å². The van der Waals surface area contributed by atoms with E-state index in [1.807, 2.05) is 34.6 Å². The molecule has 0 heterocycles. The number of halogens is 1. The van der Waals surface area contributed by atoms with Crippen molar-refractivity contribution in [2.45, 2.75) is 53.0 Å². The van der Waals surface area contributed by atoms with Crippen LogP contribution in [0.1, 0.15) is 47.5 Å². The number of carbonyl (C=O) groups is 1. The molecule has 0 bridgehead atoms. The summed E-state index contributed by atoms with van der Waals surface area (Å²) in [6, 6.07) is 0. The van der Waals surface area contributed by atoms with E-state index in [0.29, 0.717) is 6.54 Å². The van der Waals surface area contributed by atoms with E-state index in [9.17, 15) is 4.79 Å². The highest BCUT2D eigenvalue weighted by atomic mass is 35.5. The Morgan fingerprint density at radius 2 is 1.60 bits per heavy atom. The second kappa shape index (κ2) is 6.33. The van der Waals surface area contributed by atoms with Crippen molar-refractivity contribution in [3.8, 4) is 0 Å². The highest BCUT2D eigenvalue weighted by Gasteiger charge is 2.25. The van der Waals surface area contributed by atoms with Crippen molar-refractivity contribution < 1.29 is 4.79 Å². The zero-order chi connectivity index (χ0) is 11.4. The maximum Gasteiger partial charge on any atom is 0.225 e. The fraction of sp³-hybridized carbons (Fsp3) is 0.909. The molecule has 1 amide bonds. The van der Waals surface area contributed by atoms with Crippen molar-refractivity contribution in [2.24, 2.45) is 11.1 Å². The van der Waals surface area contributed by atoms with Gasteiger partial charge in [-0.2, -0.15) is 0 Å². The number of carbonyl (C=O) groups excluding carboxylic acids is 1. The molecule has 3 N–H and O–H groups in total. The van der Waals surface area contributed by atoms with Gasteiger partial charge in [0.25, 0.3) is 0 Å². The lowest BCUT2D eigenvalue weighted by molar-refractivity contribution is -0.128. The van der Waals surface area contributed by atoms with Gasteiger partial charge in [0.15, 0.2) is 0 Å². The average Bonchev–Trinajstić information content (AvgIpc) is 2.12. The third-order valence-corrected chi connectivity index (χ3v) is 2.69. The summed E-state index contributed by atoms with van der Waals surface area (Å²) < 4.78 is 0. The van der Waals surface area contributed by atoms with Gasteiger partial charge in [-0.3, -0.25) is 4.79 Å². The van der Waals surface area contributed by atoms with Crippen LogP contribution in [-0.4, -0.2) is 18.0 Å². The topological polar surface area (TPSA) is 55.1 Å². The highest BCUT2D eigenvalue weighted by molar-refractivity contribution is 5.85. The number of amides is 1. The first kappa shape index (κ1) is 17.1. The molecule has 0 aromatic heterocycles. The Balaban J connectivity index is 0. The lowest BCUT2D eigenvalue weighted by atomic mass is 9.92. The molecule has 0 aliphatic rings. The van der Waals surface area contributed by atoms with Crippen LogP contribution in [0.2, 0.25) is 0 Å². The summed E-state index contributed by atoms with van der Waals surface area (Å²) in [5.74, 6) is 0.0641. The zero-order valence-corrected chi connectivity index (χ0v) is 11.3. The molecule has 15 heavy (non-hydrogen) atoms. The highest BCUT2D eigenvalue weighted by Crippen LogP contribution is 2.14. The molecule has 0 saturated carbocycles. The molecule has 0 aromatic rings. The second-order valence-electron chi connectivity index (χ2n) is 5.00. The molecule has 0 aliphatic heterocycles. The van der Waals surface area contributed by atoms with Gasteiger partial charge in [0.1, 0.15) is 0 Å². The SMILES string of the molecule is CCC(N)(CC)CNC(=O)C(C)(C)C.Cl. The molecular weight excluding hydrogens is 212 g/mol. The van der Waals surface area contributed by atoms with Gasteiger partial charge in [-0.05, 0) is 12.8 Å². The van der Waals surface area contributed by atoms with Gasteiger partial charge in [0.05, 0.1) is 0 Å². The van der Waals surface area contributed by atoms with Gasteiger partial charge in [0, 0.05) is 17.5 Å². The maximum absolute atomic E-state index is 11.6. The van der Waals surface area contributed by atoms with Crippen LogP contribution in [0.3, 0.4) is 0 Å². The van der Waals surface area contributed by atoms with Gasteiger partial charge in [-0.25, -0.2) is 0 Å². The Kier molecular flexibility index (Phi) is 7.23. The Labute approximate surface area is 99.6 Å². The molecule has 0 aromatic carbocycles. The van der Waals surface area contributed by atoms with Crippen LogP contribution in [0.25, 0.3) is 0 Å². The van der Waals surface area contributed by atoms with E-state index >= 15 is 0 Å². The van der Waals surface area contributed by atoms with Gasteiger partial charge in [0.2, 0.25) is 5.91 Å². The van der Waals surface area contributed by atoms with E-state index in [1.165, 1.54) is 0 Å². The van der Waals surface area contributed by atoms with E-state index in [0.717, 1.165) is 12.8 Å². The van der Waals surface area contributed by atoms with Crippen LogP contribution >= 0.6 is 12.4 Å². The Morgan fingerprint density at radius 1 is 1.20 bits per heavy atom. The van der Waals surface area contributed by atoms with E-state index in [-0.39, 0.29) is 29.3 Å². The third-order valence-electron chi connectivity index (χ3n) is 2.69. The normalized spacial score (nSPS) is 11.9. The van der Waals surface area contributed by atoms with Crippen molar-refractivity contribution in [1.29, 1.82) is 0 Å². The Morgan fingerprint density at radius 3 is 1.87 bits per heavy atom. The molecule has 3 nitrogen and oxygen atoms in total. The average molecular weight is 237 g/mol. The Bertz CT molecular complexity index is 195. The fourth-order valence-electron chi connectivity index (χ4n) is 1.02. The molecule has 92 valence electrons. The minimum Gasteiger partial charge on any atom is -0.354 e. The number of hydrogen-bond donors (Lipinski definition) is 2. The molecular formula is C11H25ClN2O. The molecule has 4 heteroatoms. The summed E-state index contributed by atoms with van der Waals surface area (Å²) in [5.41, 5.74) is 5.49. The zero-order valence-electron chi connectivity index (χ0n) is 10.5. The van der Waals surface area contributed by atoms with Crippen molar-refractivity contribution in [1.82, 2.24) is 5.32 Å². The van der Waals surface area contributed by atoms with Crippen LogP contribution in [0.4, 0.5) is 0 Å². The lowest BCUT2D eigenvalue weighted by Gasteiger charge is -2.28. The fourth-order valence-corrected chi connectivity index (χ4v) is 1.02. The summed E-state index contributed by atoms with van der Waals surface area (Å²) in [5, 5.41) is 2.90. The monoisotopic (exact) mass is 236 g/mol. The van der Waals surface area contributed by atoms with Gasteiger partial charge in [-0.15, -0.1) is 12.4 Å². The predicted octanol–water partition coefficient (Wildman–Crippen LogP) is 2.09. The second-order valence-corrected chi connectivity index (χ2v) is 5.00. The summed E-state index contributed by atoms with van der Waals surface area (Å²) >= 11 is 0. The predicted molar refractivity (Wildman–Crippen MR) is 67.2 cm³/mol. The molecule has 0 rings (SSSR count). The third kappa shape index (κ3) is 6.00. The van der Waals surface area contributed by atoms with Crippen molar-refractivity contribution >= 4 is 18.3 Å². The van der Waals surface area contributed by atoms with Gasteiger partial charge < -0.3 is 11.1 Å². The standard InChI is InChI=1S/C11H24N2O.ClH/c1-6-11(12,7-2)8-13-9(14)10(3,4)5;/h6-8,12H2,1-5H3,(H,13,14);1H. The summed E-state index contributed by atoms with van der Waals surface area (Å²) in [6.07, 6.45) is 1.77. The molecule has 0 radical (unpaired) electrons. The number of rotatable bonds is 4. The van der Waals surface area contributed by atoms with E-state index in [1.54, 1.807) is 0 Å². The van der Waals surface area contributed by atoms with Crippen LogP contribution < -0.4 is 11.1 Å². The van der Waals surface area contributed by atoms with Crippen molar-refractivity contribution in [3.05, 3.63) is 0 Å². The number of nitrogens with two attached hydrogens (primary N) is 1. The first-order valence-electron chi connectivity index (χ1n) is 5.32. The molecule has 0 fully saturated rings. The molecule has 0 aliphatic carbocycles. The molecule has 0 unspecified atom stereocenters. The van der Waals surface area contributed by atoms with Crippen molar-refractivity contribution in [3.63, 3.8) is 0 Å². The van der Waals surface area contributed by atoms with Crippen LogP contribution in [0.5, 0.6) is 0 Å². The largest absolute Gasteiger partial charge is 0.354 e. The minimum atomic E-state index is -0.331. The van der Waals surface area contributed by atoms with Crippen LogP contribution in [-0.2, 0) is 4.79 Å². The van der Waals surface area contributed by atoms with E-state index in [4.69, 9.17) is 5.73 Å². The first-order chi connectivity index (χ1) is 6.25. The summed E-state index contributed by atoms with van der Waals surface area (Å²) in [6.45, 7) is 10.4. The van der Waals surface area contributed by atoms with E-state index in [2.05, 4.69) is 5.32 Å². The molecule has 0 spiro atoms. The first-order valence-corrected chi connectivity index (χ1v) is 5.32. The number of nitrogens with one attached hydrogen (secondary N) is 1. The number of hydrogen-bond acceptors (Lipinski definition) is 2. The minimum absolute atomic E-state index is 0. The Hall–Kier alpha value is -0.280. The van der Waals surface area contributed by atoms with Gasteiger partial charge in [-0.1, -0.05) is 34.6 Å². The quantitative estimate of drug-likeness (QED) is 0.786. The lowest BCUT2D eigenvalue weighted by Crippen LogP contribution is -2.51. The molecule has 0 saturated heterocycles. The summed E-state index contributed by atoms with van der Waals surface area (Å²) in [7, 11) is 0. The molecule has 0 atom stereocenters. The summed E-state index contributed by atoms with van der Waals surface area (Å²) in [4.78, 5) is 11.6.